The summed E-state index contributed by atoms with van der Waals surface area (Å²) in [5.74, 6) is 0.444. The van der Waals surface area contributed by atoms with Crippen molar-refractivity contribution in [2.75, 3.05) is 6.54 Å². The lowest BCUT2D eigenvalue weighted by molar-refractivity contribution is 0.614. The topological polar surface area (TPSA) is 26.0 Å². The number of thioether (sulfide) groups is 1. The number of fused-ring (bicyclic) bond motifs is 1. The first-order chi connectivity index (χ1) is 9.76. The van der Waals surface area contributed by atoms with Crippen LogP contribution in [0.5, 0.6) is 0 Å². The third-order valence-corrected chi connectivity index (χ3v) is 5.70. The first-order valence-electron chi connectivity index (χ1n) is 6.96. The van der Waals surface area contributed by atoms with Gasteiger partial charge in [0.25, 0.3) is 0 Å². The van der Waals surface area contributed by atoms with E-state index in [2.05, 4.69) is 64.5 Å². The minimum atomic E-state index is 0.444. The maximum atomic E-state index is 6.01. The molecular weight excluding hydrogens is 330 g/mol. The molecular formula is C17H18BrNS. The van der Waals surface area contributed by atoms with Crippen molar-refractivity contribution in [3.63, 3.8) is 0 Å². The summed E-state index contributed by atoms with van der Waals surface area (Å²) in [5.41, 5.74) is 8.85. The molecule has 3 heteroatoms. The monoisotopic (exact) mass is 347 g/mol. The lowest BCUT2D eigenvalue weighted by atomic mass is 9.92. The molecule has 2 unspecified atom stereocenters. The predicted octanol–water partition coefficient (Wildman–Crippen LogP) is 4.60. The lowest BCUT2D eigenvalue weighted by Gasteiger charge is -2.19. The molecule has 2 aromatic rings. The maximum Gasteiger partial charge on any atom is 0.0178 e. The molecule has 0 saturated heterocycles. The maximum absolute atomic E-state index is 6.01. The third-order valence-electron chi connectivity index (χ3n) is 3.87. The van der Waals surface area contributed by atoms with E-state index in [1.54, 1.807) is 0 Å². The van der Waals surface area contributed by atoms with Gasteiger partial charge in [-0.2, -0.15) is 0 Å². The van der Waals surface area contributed by atoms with Crippen molar-refractivity contribution in [3.8, 4) is 0 Å². The van der Waals surface area contributed by atoms with Gasteiger partial charge in [0.05, 0.1) is 0 Å². The van der Waals surface area contributed by atoms with Crippen molar-refractivity contribution in [2.24, 2.45) is 5.73 Å². The molecule has 1 heterocycles. The van der Waals surface area contributed by atoms with Crippen LogP contribution < -0.4 is 5.73 Å². The number of nitrogens with two attached hydrogens (primary N) is 1. The summed E-state index contributed by atoms with van der Waals surface area (Å²) in [6.07, 6.45) is 2.32. The van der Waals surface area contributed by atoms with Crippen LogP contribution in [0.1, 0.15) is 23.5 Å². The Kier molecular flexibility index (Phi) is 4.49. The van der Waals surface area contributed by atoms with Gasteiger partial charge in [0, 0.05) is 14.6 Å². The van der Waals surface area contributed by atoms with E-state index in [4.69, 9.17) is 5.73 Å². The van der Waals surface area contributed by atoms with Gasteiger partial charge in [-0.1, -0.05) is 46.3 Å². The van der Waals surface area contributed by atoms with Crippen LogP contribution in [0.2, 0.25) is 0 Å². The molecule has 1 aliphatic heterocycles. The number of hydrogen-bond acceptors (Lipinski definition) is 2. The minimum Gasteiger partial charge on any atom is -0.330 e. The van der Waals surface area contributed by atoms with Crippen LogP contribution in [0.25, 0.3) is 0 Å². The molecule has 0 aromatic heterocycles. The zero-order chi connectivity index (χ0) is 13.9. The highest BCUT2D eigenvalue weighted by Gasteiger charge is 2.25. The number of halogens is 1. The summed E-state index contributed by atoms with van der Waals surface area (Å²) in [5, 5.41) is 0.653. The van der Waals surface area contributed by atoms with Crippen molar-refractivity contribution in [1.82, 2.24) is 0 Å². The number of benzene rings is 2. The Bertz CT molecular complexity index is 574. The molecule has 2 aromatic carbocycles. The van der Waals surface area contributed by atoms with Gasteiger partial charge in [0.2, 0.25) is 0 Å². The second-order valence-electron chi connectivity index (χ2n) is 5.28. The highest BCUT2D eigenvalue weighted by atomic mass is 79.9. The largest absolute Gasteiger partial charge is 0.330 e. The van der Waals surface area contributed by atoms with Crippen molar-refractivity contribution in [1.29, 1.82) is 0 Å². The molecule has 104 valence electrons. The van der Waals surface area contributed by atoms with Gasteiger partial charge in [-0.05, 0) is 54.6 Å². The van der Waals surface area contributed by atoms with Gasteiger partial charge >= 0.3 is 0 Å². The Morgan fingerprint density at radius 1 is 1.20 bits per heavy atom. The van der Waals surface area contributed by atoms with E-state index in [-0.39, 0.29) is 0 Å². The molecule has 20 heavy (non-hydrogen) atoms. The van der Waals surface area contributed by atoms with Crippen LogP contribution in [-0.2, 0) is 6.42 Å². The fraction of sp³-hybridized carbons (Fsp3) is 0.294. The predicted molar refractivity (Wildman–Crippen MR) is 90.3 cm³/mol. The summed E-state index contributed by atoms with van der Waals surface area (Å²) < 4.78 is 1.14. The van der Waals surface area contributed by atoms with Gasteiger partial charge in [-0.25, -0.2) is 0 Å². The molecule has 0 amide bonds. The van der Waals surface area contributed by atoms with Gasteiger partial charge in [0.15, 0.2) is 0 Å². The zero-order valence-corrected chi connectivity index (χ0v) is 13.7. The molecule has 2 atom stereocenters. The number of hydrogen-bond donors (Lipinski definition) is 1. The van der Waals surface area contributed by atoms with Crippen molar-refractivity contribution in [3.05, 3.63) is 64.1 Å². The molecule has 0 spiro atoms. The Labute approximate surface area is 133 Å². The number of rotatable bonds is 4. The van der Waals surface area contributed by atoms with E-state index < -0.39 is 0 Å². The van der Waals surface area contributed by atoms with Crippen LogP contribution in [-0.4, -0.2) is 11.8 Å². The van der Waals surface area contributed by atoms with E-state index in [0.29, 0.717) is 17.7 Å². The Hall–Kier alpha value is -0.770. The second kappa shape index (κ2) is 6.33. The summed E-state index contributed by atoms with van der Waals surface area (Å²) in [6, 6.07) is 17.3. The highest BCUT2D eigenvalue weighted by Crippen LogP contribution is 2.41. The van der Waals surface area contributed by atoms with E-state index in [1.165, 1.54) is 22.4 Å². The first kappa shape index (κ1) is 14.2. The van der Waals surface area contributed by atoms with Crippen LogP contribution in [0, 0.1) is 0 Å². The van der Waals surface area contributed by atoms with Gasteiger partial charge in [0.1, 0.15) is 0 Å². The summed E-state index contributed by atoms with van der Waals surface area (Å²) in [7, 11) is 0. The highest BCUT2D eigenvalue weighted by molar-refractivity contribution is 9.10. The van der Waals surface area contributed by atoms with E-state index >= 15 is 0 Å². The smallest absolute Gasteiger partial charge is 0.0178 e. The average Bonchev–Trinajstić information content (AvgIpc) is 2.87. The molecule has 0 bridgehead atoms. The SMILES string of the molecule is NCC(CC1Cc2ccccc2S1)c1cccc(Br)c1. The van der Waals surface area contributed by atoms with Gasteiger partial charge in [-0.15, -0.1) is 11.8 Å². The summed E-state index contributed by atoms with van der Waals surface area (Å²) in [6.45, 7) is 0.712. The Morgan fingerprint density at radius 3 is 2.80 bits per heavy atom. The molecule has 1 nitrogen and oxygen atoms in total. The van der Waals surface area contributed by atoms with Crippen LogP contribution in [0.4, 0.5) is 0 Å². The zero-order valence-electron chi connectivity index (χ0n) is 11.3. The Balaban J connectivity index is 1.71. The van der Waals surface area contributed by atoms with Crippen LogP contribution in [0.15, 0.2) is 57.9 Å². The fourth-order valence-electron chi connectivity index (χ4n) is 2.83. The van der Waals surface area contributed by atoms with E-state index in [0.717, 1.165) is 10.9 Å². The van der Waals surface area contributed by atoms with E-state index in [9.17, 15) is 0 Å². The standard InChI is InChI=1S/C17H18BrNS/c18-15-6-3-5-12(8-15)14(11-19)10-16-9-13-4-1-2-7-17(13)20-16/h1-8,14,16H,9-11,19H2. The quantitative estimate of drug-likeness (QED) is 0.874. The van der Waals surface area contributed by atoms with E-state index in [1.807, 2.05) is 11.8 Å². The average molecular weight is 348 g/mol. The van der Waals surface area contributed by atoms with Crippen molar-refractivity contribution in [2.45, 2.75) is 28.9 Å². The van der Waals surface area contributed by atoms with Gasteiger partial charge < -0.3 is 5.73 Å². The van der Waals surface area contributed by atoms with Crippen LogP contribution >= 0.6 is 27.7 Å². The molecule has 3 rings (SSSR count). The molecule has 0 radical (unpaired) electrons. The van der Waals surface area contributed by atoms with Gasteiger partial charge in [-0.3, -0.25) is 0 Å². The third kappa shape index (κ3) is 3.11. The fourth-order valence-corrected chi connectivity index (χ4v) is 4.66. The molecule has 2 N–H and O–H groups in total. The molecule has 0 fully saturated rings. The van der Waals surface area contributed by atoms with Crippen molar-refractivity contribution < 1.29 is 0 Å². The normalized spacial score (nSPS) is 18.8. The lowest BCUT2D eigenvalue weighted by Crippen LogP contribution is -2.17. The van der Waals surface area contributed by atoms with Crippen molar-refractivity contribution >= 4 is 27.7 Å². The molecule has 0 aliphatic carbocycles. The van der Waals surface area contributed by atoms with Crippen LogP contribution in [0.3, 0.4) is 0 Å². The summed E-state index contributed by atoms with van der Waals surface area (Å²) >= 11 is 5.56. The second-order valence-corrected chi connectivity index (χ2v) is 7.53. The summed E-state index contributed by atoms with van der Waals surface area (Å²) in [4.78, 5) is 1.45. The molecule has 0 saturated carbocycles. The molecule has 1 aliphatic rings. The minimum absolute atomic E-state index is 0.444. The Morgan fingerprint density at radius 2 is 2.05 bits per heavy atom. The first-order valence-corrected chi connectivity index (χ1v) is 8.63.